The Kier molecular flexibility index (Phi) is 23.5. The van der Waals surface area contributed by atoms with Crippen LogP contribution in [-0.4, -0.2) is 118 Å². The van der Waals surface area contributed by atoms with Crippen LogP contribution in [0.25, 0.3) is 0 Å². The van der Waals surface area contributed by atoms with Crippen LogP contribution in [-0.2, 0) is 27.3 Å². The SMILES string of the molecule is COP(=O)([O-])C(O)P(=O)([O-])[O-].COP(=O)([O-])C(O)P(=O)([O-])[O-].[Pb+2].[Pb+2].[Pb+2]. The molecule has 0 fully saturated rings. The van der Waals surface area contributed by atoms with Gasteiger partial charge in [0, 0.05) is 14.2 Å². The first-order valence-electron chi connectivity index (χ1n) is 4.56. The summed E-state index contributed by atoms with van der Waals surface area (Å²) < 4.78 is 47.7. The maximum absolute atomic E-state index is 10.3. The second kappa shape index (κ2) is 15.1. The molecule has 25 heavy (non-hydrogen) atoms. The standard InChI is InChI=1S/2C2H8O7P2.3Pb/c2*1-9-11(7,8)2(3)10(4,5)6;;;/h2*2-3H,1H3,(H,7,8)(H2,4,5,6);;;/q;;3*+2/p-6. The van der Waals surface area contributed by atoms with E-state index in [2.05, 4.69) is 9.05 Å². The number of rotatable bonds is 6. The summed E-state index contributed by atoms with van der Waals surface area (Å²) >= 11 is 0. The van der Waals surface area contributed by atoms with E-state index in [4.69, 9.17) is 10.2 Å². The van der Waals surface area contributed by atoms with E-state index in [1.165, 1.54) is 0 Å². The van der Waals surface area contributed by atoms with E-state index < -0.39 is 41.6 Å². The normalized spacial score (nSPS) is 18.3. The maximum Gasteiger partial charge on any atom is 2.00 e. The molecule has 0 spiro atoms. The van der Waals surface area contributed by atoms with Crippen LogP contribution in [0, 0.1) is 0 Å². The van der Waals surface area contributed by atoms with Crippen LogP contribution in [0.15, 0.2) is 0 Å². The van der Waals surface area contributed by atoms with Crippen LogP contribution < -0.4 is 29.4 Å². The van der Waals surface area contributed by atoms with Crippen LogP contribution in [0.1, 0.15) is 0 Å². The van der Waals surface area contributed by atoms with Gasteiger partial charge in [-0.15, -0.1) is 0 Å². The Labute approximate surface area is 202 Å². The van der Waals surface area contributed by atoms with E-state index in [1.54, 1.807) is 0 Å². The van der Waals surface area contributed by atoms with Crippen LogP contribution in [0.2, 0.25) is 0 Å². The van der Waals surface area contributed by atoms with Crippen molar-refractivity contribution in [1.82, 2.24) is 0 Å². The fourth-order valence-corrected chi connectivity index (χ4v) is 4.25. The van der Waals surface area contributed by atoms with Crippen molar-refractivity contribution in [2.24, 2.45) is 0 Å². The molecule has 0 aliphatic heterocycles. The van der Waals surface area contributed by atoms with Crippen molar-refractivity contribution in [3.63, 3.8) is 0 Å². The molecule has 0 aromatic carbocycles. The largest absolute Gasteiger partial charge is 2.00 e. The Hall–Kier alpha value is 3.29. The van der Waals surface area contributed by atoms with Crippen molar-refractivity contribution < 1.29 is 66.9 Å². The first-order valence-corrected chi connectivity index (χ1v) is 11.0. The summed E-state index contributed by atoms with van der Waals surface area (Å²) in [5, 5.41) is 16.6. The van der Waals surface area contributed by atoms with Gasteiger partial charge in [-0.3, -0.25) is 0 Å². The molecule has 0 heterocycles. The molecule has 2 N–H and O–H groups in total. The van der Waals surface area contributed by atoms with E-state index in [1.807, 2.05) is 0 Å². The third-order valence-corrected chi connectivity index (χ3v) is 8.32. The van der Waals surface area contributed by atoms with Gasteiger partial charge in [0.1, 0.15) is 11.2 Å². The average Bonchev–Trinajstić information content (AvgIpc) is 2.35. The molecule has 6 radical (unpaired) electrons. The van der Waals surface area contributed by atoms with Gasteiger partial charge >= 0.3 is 81.9 Å². The summed E-state index contributed by atoms with van der Waals surface area (Å²) in [6, 6.07) is 0. The topological polar surface area (TPSA) is 266 Å². The fourth-order valence-electron chi connectivity index (χ4n) is 0.535. The summed E-state index contributed by atoms with van der Waals surface area (Å²) in [7, 11) is -19.7. The molecule has 4 atom stereocenters. The molecule has 142 valence electrons. The van der Waals surface area contributed by atoms with Crippen molar-refractivity contribution in [3.8, 4) is 0 Å². The van der Waals surface area contributed by atoms with Crippen molar-refractivity contribution in [1.29, 1.82) is 0 Å². The minimum absolute atomic E-state index is 0. The zero-order valence-electron chi connectivity index (χ0n) is 12.2. The quantitative estimate of drug-likeness (QED) is 0.185. The summed E-state index contributed by atoms with van der Waals surface area (Å²) in [6.45, 7) is 0. The minimum atomic E-state index is -5.54. The second-order valence-corrected chi connectivity index (χ2v) is 11.0. The molecule has 14 nitrogen and oxygen atoms in total. The average molecular weight is 1030 g/mol. The predicted molar refractivity (Wildman–Crippen MR) is 73.7 cm³/mol. The van der Waals surface area contributed by atoms with Gasteiger partial charge in [-0.2, -0.15) is 0 Å². The molecule has 21 heteroatoms. The molecule has 0 aromatic rings. The maximum atomic E-state index is 10.3. The third-order valence-electron chi connectivity index (χ3n) is 1.64. The first-order chi connectivity index (χ1) is 9.43. The smallest absolute Gasteiger partial charge is 0.809 e. The van der Waals surface area contributed by atoms with Crippen LogP contribution in [0.5, 0.6) is 0 Å². The number of aliphatic hydroxyl groups excluding tert-OH is 2. The van der Waals surface area contributed by atoms with Crippen molar-refractivity contribution in [2.75, 3.05) is 14.2 Å². The van der Waals surface area contributed by atoms with Crippen LogP contribution in [0.4, 0.5) is 0 Å². The fraction of sp³-hybridized carbons (Fsp3) is 1.00. The molecule has 0 saturated carbocycles. The zero-order valence-corrected chi connectivity index (χ0v) is 27.5. The Bertz CT molecular complexity index is 494. The van der Waals surface area contributed by atoms with E-state index in [0.29, 0.717) is 14.2 Å². The Morgan fingerprint density at radius 1 is 0.640 bits per heavy atom. The number of hydrogen-bond donors (Lipinski definition) is 2. The van der Waals surface area contributed by atoms with Crippen molar-refractivity contribution >= 4 is 112 Å². The first kappa shape index (κ1) is 38.8. The van der Waals surface area contributed by atoms with Crippen LogP contribution >= 0.6 is 30.4 Å². The molecule has 4 unspecified atom stereocenters. The molecule has 0 bridgehead atoms. The Morgan fingerprint density at radius 3 is 0.840 bits per heavy atom. The molecule has 0 aromatic heterocycles. The van der Waals surface area contributed by atoms with Crippen LogP contribution in [0.3, 0.4) is 0 Å². The van der Waals surface area contributed by atoms with Gasteiger partial charge < -0.3 is 66.9 Å². The number of hydrogen-bond acceptors (Lipinski definition) is 14. The summed E-state index contributed by atoms with van der Waals surface area (Å²) in [4.78, 5) is 60.3. The van der Waals surface area contributed by atoms with Gasteiger partial charge in [-0.25, -0.2) is 0 Å². The Balaban J connectivity index is -0.0000000952. The van der Waals surface area contributed by atoms with Gasteiger partial charge in [0.05, 0.1) is 0 Å². The molecule has 0 aliphatic carbocycles. The molecular weight excluding hydrogens is 1020 g/mol. The zero-order chi connectivity index (χ0) is 18.6. The minimum Gasteiger partial charge on any atom is -0.809 e. The monoisotopic (exact) mass is 1030 g/mol. The molecule has 0 amide bonds. The Morgan fingerprint density at radius 2 is 0.800 bits per heavy atom. The number of aliphatic hydroxyl groups is 2. The summed E-state index contributed by atoms with van der Waals surface area (Å²) in [6.07, 6.45) is 0. The van der Waals surface area contributed by atoms with E-state index in [9.17, 15) is 47.6 Å². The van der Waals surface area contributed by atoms with Gasteiger partial charge in [-0.1, -0.05) is 0 Å². The summed E-state index contributed by atoms with van der Waals surface area (Å²) in [5.41, 5.74) is -6.00. The van der Waals surface area contributed by atoms with Crippen molar-refractivity contribution in [2.45, 2.75) is 11.2 Å². The second-order valence-electron chi connectivity index (χ2n) is 3.22. The van der Waals surface area contributed by atoms with E-state index in [0.717, 1.165) is 0 Å². The van der Waals surface area contributed by atoms with Crippen molar-refractivity contribution in [3.05, 3.63) is 0 Å². The van der Waals surface area contributed by atoms with Gasteiger partial charge in [0.2, 0.25) is 0 Å². The van der Waals surface area contributed by atoms with E-state index >= 15 is 0 Å². The van der Waals surface area contributed by atoms with Gasteiger partial charge in [-0.05, 0) is 15.2 Å². The predicted octanol–water partition coefficient (Wildman–Crippen LogP) is -6.39. The third kappa shape index (κ3) is 15.7. The molecule has 0 rings (SSSR count). The van der Waals surface area contributed by atoms with E-state index in [-0.39, 0.29) is 81.9 Å². The van der Waals surface area contributed by atoms with Gasteiger partial charge in [0.25, 0.3) is 0 Å². The molecular formula is C4H10O14P4Pb3. The summed E-state index contributed by atoms with van der Waals surface area (Å²) in [5.74, 6) is 0. The van der Waals surface area contributed by atoms with Gasteiger partial charge in [0.15, 0.2) is 15.2 Å². The molecule has 0 saturated heterocycles. The molecule has 0 aliphatic rings.